The van der Waals surface area contributed by atoms with Gasteiger partial charge in [-0.2, -0.15) is 0 Å². The van der Waals surface area contributed by atoms with Crippen LogP contribution in [0.25, 0.3) is 0 Å². The first-order chi connectivity index (χ1) is 20.6. The fraction of sp³-hybridized carbons (Fsp3) is 0.543. The summed E-state index contributed by atoms with van der Waals surface area (Å²) in [6, 6.07) is 10.5. The van der Waals surface area contributed by atoms with E-state index in [-0.39, 0.29) is 12.2 Å². The first-order valence-electron chi connectivity index (χ1n) is 15.3. The van der Waals surface area contributed by atoms with Crippen molar-refractivity contribution in [3.05, 3.63) is 65.2 Å². The smallest absolute Gasteiger partial charge is 0.408 e. The van der Waals surface area contributed by atoms with Crippen molar-refractivity contribution in [2.24, 2.45) is 0 Å². The van der Waals surface area contributed by atoms with Gasteiger partial charge in [0.2, 0.25) is 11.8 Å². The number of carbonyl (C=O) groups excluding carboxylic acids is 4. The Bertz CT molecular complexity index is 1340. The Labute approximate surface area is 267 Å². The van der Waals surface area contributed by atoms with Crippen molar-refractivity contribution in [1.29, 1.82) is 0 Å². The van der Waals surface area contributed by atoms with Crippen LogP contribution in [-0.2, 0) is 30.3 Å². The number of rotatable bonds is 11. The van der Waals surface area contributed by atoms with Crippen LogP contribution in [0.15, 0.2) is 48.5 Å². The lowest BCUT2D eigenvalue weighted by atomic mass is 9.91. The second-order valence-electron chi connectivity index (χ2n) is 14.0. The maximum Gasteiger partial charge on any atom is 0.408 e. The van der Waals surface area contributed by atoms with Crippen LogP contribution in [-0.4, -0.2) is 62.7 Å². The van der Waals surface area contributed by atoms with Gasteiger partial charge in [-0.1, -0.05) is 43.3 Å². The lowest BCUT2D eigenvalue weighted by Gasteiger charge is -2.44. The van der Waals surface area contributed by atoms with Gasteiger partial charge in [0.1, 0.15) is 35.1 Å². The molecule has 2 rings (SSSR count). The van der Waals surface area contributed by atoms with Crippen molar-refractivity contribution in [3.8, 4) is 5.75 Å². The molecular formula is C35H51N3O7. The van der Waals surface area contributed by atoms with Crippen molar-refractivity contribution in [2.45, 2.75) is 124 Å². The summed E-state index contributed by atoms with van der Waals surface area (Å²) < 4.78 is 11.1. The van der Waals surface area contributed by atoms with Gasteiger partial charge >= 0.3 is 12.1 Å². The minimum Gasteiger partial charge on any atom is -0.508 e. The highest BCUT2D eigenvalue weighted by Crippen LogP contribution is 2.34. The SMILES string of the molecule is CCC(C)(C)N(C(=O)C(C)NC(=O)OC(C)(C)C)C(C(=O)NC(Cc1ccccc1)C(=O)OC(C)(C)C)c1ccc(O)c(C)c1. The van der Waals surface area contributed by atoms with Crippen LogP contribution >= 0.6 is 0 Å². The highest BCUT2D eigenvalue weighted by atomic mass is 16.6. The van der Waals surface area contributed by atoms with E-state index in [1.807, 2.05) is 51.1 Å². The predicted octanol–water partition coefficient (Wildman–Crippen LogP) is 5.74. The van der Waals surface area contributed by atoms with Gasteiger partial charge in [-0.25, -0.2) is 9.59 Å². The Hall–Kier alpha value is -4.08. The zero-order valence-electron chi connectivity index (χ0n) is 28.6. The van der Waals surface area contributed by atoms with Crippen LogP contribution in [0, 0.1) is 6.92 Å². The van der Waals surface area contributed by atoms with Gasteiger partial charge in [-0.15, -0.1) is 0 Å². The number of hydrogen-bond acceptors (Lipinski definition) is 7. The number of ether oxygens (including phenoxy) is 2. The predicted molar refractivity (Wildman–Crippen MR) is 174 cm³/mol. The molecule has 3 amide bonds. The van der Waals surface area contributed by atoms with Gasteiger partial charge in [0.05, 0.1) is 0 Å². The van der Waals surface area contributed by atoms with Crippen LogP contribution in [0.4, 0.5) is 4.79 Å². The second-order valence-corrected chi connectivity index (χ2v) is 14.0. The van der Waals surface area contributed by atoms with Gasteiger partial charge in [0, 0.05) is 12.0 Å². The molecule has 248 valence electrons. The summed E-state index contributed by atoms with van der Waals surface area (Å²) in [7, 11) is 0. The average molecular weight is 626 g/mol. The number of phenols is 1. The van der Waals surface area contributed by atoms with Crippen LogP contribution in [0.2, 0.25) is 0 Å². The summed E-state index contributed by atoms with van der Waals surface area (Å²) in [6.07, 6.45) is -0.157. The standard InChI is InChI=1S/C35H51N3O7/c1-12-35(10,11)38(30(41)23(3)36-32(43)45-34(7,8)9)28(25-18-19-27(39)22(2)20-25)29(40)37-26(31(42)44-33(4,5)6)21-24-16-14-13-15-17-24/h13-20,23,26,28,39H,12,21H2,1-11H3,(H,36,43)(H,37,40). The third-order valence-corrected chi connectivity index (χ3v) is 7.19. The van der Waals surface area contributed by atoms with E-state index in [1.54, 1.807) is 60.6 Å². The average Bonchev–Trinajstić information content (AvgIpc) is 2.90. The van der Waals surface area contributed by atoms with Crippen molar-refractivity contribution >= 4 is 23.9 Å². The molecule has 0 aliphatic carbocycles. The minimum absolute atomic E-state index is 0.0289. The molecule has 10 heteroatoms. The summed E-state index contributed by atoms with van der Waals surface area (Å²) in [5.74, 6) is -1.74. The molecule has 3 unspecified atom stereocenters. The Morgan fingerprint density at radius 2 is 1.44 bits per heavy atom. The second kappa shape index (κ2) is 14.8. The maximum atomic E-state index is 14.5. The van der Waals surface area contributed by atoms with Gasteiger partial charge in [0.15, 0.2) is 0 Å². The first kappa shape index (κ1) is 37.1. The Balaban J connectivity index is 2.64. The van der Waals surface area contributed by atoms with Crippen LogP contribution in [0.3, 0.4) is 0 Å². The number of amides is 3. The lowest BCUT2D eigenvalue weighted by Crippen LogP contribution is -2.59. The van der Waals surface area contributed by atoms with Gasteiger partial charge in [0.25, 0.3) is 0 Å². The summed E-state index contributed by atoms with van der Waals surface area (Å²) >= 11 is 0. The van der Waals surface area contributed by atoms with Crippen molar-refractivity contribution in [2.75, 3.05) is 0 Å². The fourth-order valence-corrected chi connectivity index (χ4v) is 4.63. The molecule has 0 fully saturated rings. The molecule has 0 radical (unpaired) electrons. The fourth-order valence-electron chi connectivity index (χ4n) is 4.63. The molecule has 0 heterocycles. The lowest BCUT2D eigenvalue weighted by molar-refractivity contribution is -0.159. The highest BCUT2D eigenvalue weighted by Gasteiger charge is 2.43. The van der Waals surface area contributed by atoms with Crippen LogP contribution in [0.5, 0.6) is 5.75 Å². The Morgan fingerprint density at radius 3 is 1.96 bits per heavy atom. The zero-order chi connectivity index (χ0) is 34.3. The Kier molecular flexibility index (Phi) is 12.2. The number of nitrogens with one attached hydrogen (secondary N) is 2. The van der Waals surface area contributed by atoms with Crippen LogP contribution < -0.4 is 10.6 Å². The number of carbonyl (C=O) groups is 4. The quantitative estimate of drug-likeness (QED) is 0.271. The van der Waals surface area contributed by atoms with E-state index < -0.39 is 58.7 Å². The summed E-state index contributed by atoms with van der Waals surface area (Å²) in [5, 5.41) is 15.8. The third-order valence-electron chi connectivity index (χ3n) is 7.19. The number of esters is 1. The molecule has 0 bridgehead atoms. The first-order valence-corrected chi connectivity index (χ1v) is 15.3. The molecule has 2 aromatic rings. The molecule has 0 spiro atoms. The summed E-state index contributed by atoms with van der Waals surface area (Å²) in [5.41, 5.74) is -0.752. The molecule has 0 aliphatic heterocycles. The topological polar surface area (TPSA) is 134 Å². The molecule has 10 nitrogen and oxygen atoms in total. The summed E-state index contributed by atoms with van der Waals surface area (Å²) in [6.45, 7) is 19.2. The Morgan fingerprint density at radius 1 is 0.867 bits per heavy atom. The van der Waals surface area contributed by atoms with Crippen molar-refractivity contribution < 1.29 is 33.8 Å². The van der Waals surface area contributed by atoms with E-state index in [0.717, 1.165) is 5.56 Å². The van der Waals surface area contributed by atoms with Crippen molar-refractivity contribution in [3.63, 3.8) is 0 Å². The van der Waals surface area contributed by atoms with E-state index in [9.17, 15) is 24.3 Å². The van der Waals surface area contributed by atoms with Gasteiger partial charge < -0.3 is 30.1 Å². The largest absolute Gasteiger partial charge is 0.508 e. The molecule has 0 saturated heterocycles. The van der Waals surface area contributed by atoms with Crippen LogP contribution in [0.1, 0.15) is 98.4 Å². The monoisotopic (exact) mass is 625 g/mol. The normalized spacial score (nSPS) is 14.0. The molecule has 3 N–H and O–H groups in total. The van der Waals surface area contributed by atoms with Gasteiger partial charge in [-0.3, -0.25) is 9.59 Å². The maximum absolute atomic E-state index is 14.5. The minimum atomic E-state index is -1.24. The molecule has 0 aliphatic rings. The number of phenolic OH excluding ortho intramolecular Hbond substituents is 1. The van der Waals surface area contributed by atoms with E-state index in [0.29, 0.717) is 17.5 Å². The molecule has 45 heavy (non-hydrogen) atoms. The molecule has 0 aromatic heterocycles. The van der Waals surface area contributed by atoms with E-state index in [4.69, 9.17) is 9.47 Å². The summed E-state index contributed by atoms with van der Waals surface area (Å²) in [4.78, 5) is 56.2. The number of hydrogen-bond donors (Lipinski definition) is 3. The molecule has 2 aromatic carbocycles. The molecular weight excluding hydrogens is 574 g/mol. The molecule has 0 saturated carbocycles. The van der Waals surface area contributed by atoms with Gasteiger partial charge in [-0.05, 0) is 104 Å². The highest BCUT2D eigenvalue weighted by molar-refractivity contribution is 5.94. The number of benzene rings is 2. The number of nitrogens with zero attached hydrogens (tertiary/aromatic N) is 1. The van der Waals surface area contributed by atoms with E-state index in [2.05, 4.69) is 10.6 Å². The third kappa shape index (κ3) is 11.1. The zero-order valence-corrected chi connectivity index (χ0v) is 28.6. The van der Waals surface area contributed by atoms with E-state index >= 15 is 0 Å². The van der Waals surface area contributed by atoms with E-state index in [1.165, 1.54) is 17.9 Å². The number of aromatic hydroxyl groups is 1. The number of alkyl carbamates (subject to hydrolysis) is 1. The number of aryl methyl sites for hydroxylation is 1. The molecule has 3 atom stereocenters. The van der Waals surface area contributed by atoms with Crippen molar-refractivity contribution in [1.82, 2.24) is 15.5 Å².